The highest BCUT2D eigenvalue weighted by atomic mass is 19.2. The minimum atomic E-state index is -0.880. The standard InChI is InChI=1S/C27H42F2O2/c1-3-5-17-30-19-24-15-16-25(27(29)26(24)28)31-18-21-9-13-23(14-10-21)22-11-7-20(6-4-2)8-12-22/h15-16,20-23H,3-14,17-19H2,1-2H3/t20-,21?,22-,23?. The van der Waals surface area contributed by atoms with Crippen LogP contribution in [0.1, 0.15) is 96.5 Å². The lowest BCUT2D eigenvalue weighted by molar-refractivity contribution is 0.114. The molecule has 2 nitrogen and oxygen atoms in total. The molecule has 0 saturated heterocycles. The van der Waals surface area contributed by atoms with Crippen molar-refractivity contribution < 1.29 is 18.3 Å². The highest BCUT2D eigenvalue weighted by Gasteiger charge is 2.31. The third kappa shape index (κ3) is 7.17. The van der Waals surface area contributed by atoms with Crippen LogP contribution in [0.3, 0.4) is 0 Å². The van der Waals surface area contributed by atoms with Crippen molar-refractivity contribution in [1.29, 1.82) is 0 Å². The monoisotopic (exact) mass is 436 g/mol. The normalized spacial score (nSPS) is 26.7. The van der Waals surface area contributed by atoms with E-state index in [-0.39, 0.29) is 17.9 Å². The molecule has 0 N–H and O–H groups in total. The van der Waals surface area contributed by atoms with Crippen LogP contribution in [0.5, 0.6) is 5.75 Å². The van der Waals surface area contributed by atoms with Crippen LogP contribution in [-0.4, -0.2) is 13.2 Å². The molecule has 0 spiro atoms. The molecule has 176 valence electrons. The molecule has 0 radical (unpaired) electrons. The van der Waals surface area contributed by atoms with E-state index in [0.29, 0.717) is 19.1 Å². The first kappa shape index (κ1) is 24.5. The number of unbranched alkanes of at least 4 members (excludes halogenated alkanes) is 1. The summed E-state index contributed by atoms with van der Waals surface area (Å²) in [6, 6.07) is 3.14. The van der Waals surface area contributed by atoms with Crippen LogP contribution in [0.25, 0.3) is 0 Å². The van der Waals surface area contributed by atoms with Crippen LogP contribution in [-0.2, 0) is 11.3 Å². The summed E-state index contributed by atoms with van der Waals surface area (Å²) in [5, 5.41) is 0. The number of rotatable bonds is 11. The van der Waals surface area contributed by atoms with E-state index in [1.807, 2.05) is 0 Å². The molecule has 1 aromatic carbocycles. The zero-order chi connectivity index (χ0) is 22.1. The molecule has 2 aliphatic rings. The fourth-order valence-corrected chi connectivity index (χ4v) is 5.61. The predicted octanol–water partition coefficient (Wildman–Crippen LogP) is 8.07. The van der Waals surface area contributed by atoms with Gasteiger partial charge in [-0.3, -0.25) is 0 Å². The van der Waals surface area contributed by atoms with Crippen molar-refractivity contribution in [2.75, 3.05) is 13.2 Å². The molecule has 0 heterocycles. The molecule has 0 aromatic heterocycles. The summed E-state index contributed by atoms with van der Waals surface area (Å²) in [6.45, 7) is 5.53. The predicted molar refractivity (Wildman–Crippen MR) is 122 cm³/mol. The van der Waals surface area contributed by atoms with Crippen LogP contribution in [0.15, 0.2) is 12.1 Å². The third-order valence-electron chi connectivity index (χ3n) is 7.65. The van der Waals surface area contributed by atoms with Gasteiger partial charge in [0.15, 0.2) is 11.6 Å². The lowest BCUT2D eigenvalue weighted by atomic mass is 9.69. The van der Waals surface area contributed by atoms with Gasteiger partial charge < -0.3 is 9.47 Å². The fourth-order valence-electron chi connectivity index (χ4n) is 5.61. The van der Waals surface area contributed by atoms with E-state index in [2.05, 4.69) is 13.8 Å². The van der Waals surface area contributed by atoms with Crippen LogP contribution in [0.2, 0.25) is 0 Å². The molecule has 0 amide bonds. The fraction of sp³-hybridized carbons (Fsp3) is 0.778. The van der Waals surface area contributed by atoms with Crippen molar-refractivity contribution in [2.45, 2.75) is 97.5 Å². The van der Waals surface area contributed by atoms with Crippen LogP contribution >= 0.6 is 0 Å². The molecule has 0 atom stereocenters. The Labute approximate surface area is 188 Å². The highest BCUT2D eigenvalue weighted by Crippen LogP contribution is 2.42. The Morgan fingerprint density at radius 2 is 1.45 bits per heavy atom. The van der Waals surface area contributed by atoms with Crippen molar-refractivity contribution >= 4 is 0 Å². The Balaban J connectivity index is 1.40. The Bertz CT molecular complexity index is 647. The number of ether oxygens (including phenoxy) is 2. The SMILES string of the molecule is CCCCOCc1ccc(OCC2CCC([C@H]3CC[C@H](CCC)CC3)CC2)c(F)c1F. The second-order valence-electron chi connectivity index (χ2n) is 9.92. The molecule has 2 fully saturated rings. The van der Waals surface area contributed by atoms with E-state index >= 15 is 0 Å². The summed E-state index contributed by atoms with van der Waals surface area (Å²) in [4.78, 5) is 0. The number of benzene rings is 1. The number of hydrogen-bond acceptors (Lipinski definition) is 2. The van der Waals surface area contributed by atoms with Crippen LogP contribution in [0, 0.1) is 35.3 Å². The van der Waals surface area contributed by atoms with Gasteiger partial charge in [0, 0.05) is 12.2 Å². The summed E-state index contributed by atoms with van der Waals surface area (Å²) in [5.41, 5.74) is 0.259. The van der Waals surface area contributed by atoms with Crippen molar-refractivity contribution in [1.82, 2.24) is 0 Å². The van der Waals surface area contributed by atoms with Crippen LogP contribution in [0.4, 0.5) is 8.78 Å². The molecule has 3 rings (SSSR count). The van der Waals surface area contributed by atoms with Gasteiger partial charge in [-0.25, -0.2) is 4.39 Å². The molecule has 31 heavy (non-hydrogen) atoms. The molecule has 1 aromatic rings. The Hall–Kier alpha value is -1.16. The summed E-state index contributed by atoms with van der Waals surface area (Å²) in [5.74, 6) is 1.51. The zero-order valence-electron chi connectivity index (χ0n) is 19.6. The molecular weight excluding hydrogens is 394 g/mol. The van der Waals surface area contributed by atoms with Gasteiger partial charge in [-0.05, 0) is 80.8 Å². The summed E-state index contributed by atoms with van der Waals surface area (Å²) >= 11 is 0. The molecule has 0 bridgehead atoms. The average Bonchev–Trinajstić information content (AvgIpc) is 2.80. The molecule has 2 aliphatic carbocycles. The molecule has 0 aliphatic heterocycles. The lowest BCUT2D eigenvalue weighted by Crippen LogP contribution is -2.27. The van der Waals surface area contributed by atoms with Crippen LogP contribution < -0.4 is 4.74 Å². The first-order valence-corrected chi connectivity index (χ1v) is 12.8. The van der Waals surface area contributed by atoms with Crippen molar-refractivity contribution in [2.24, 2.45) is 23.7 Å². The number of hydrogen-bond donors (Lipinski definition) is 0. The summed E-state index contributed by atoms with van der Waals surface area (Å²) < 4.78 is 39.9. The minimum absolute atomic E-state index is 0.0335. The van der Waals surface area contributed by atoms with Gasteiger partial charge in [0.05, 0.1) is 13.2 Å². The average molecular weight is 437 g/mol. The Morgan fingerprint density at radius 1 is 0.806 bits per heavy atom. The van der Waals surface area contributed by atoms with Gasteiger partial charge in [0.2, 0.25) is 5.82 Å². The maximum absolute atomic E-state index is 14.4. The van der Waals surface area contributed by atoms with E-state index in [4.69, 9.17) is 9.47 Å². The van der Waals surface area contributed by atoms with Gasteiger partial charge in [0.25, 0.3) is 0 Å². The van der Waals surface area contributed by atoms with Gasteiger partial charge >= 0.3 is 0 Å². The van der Waals surface area contributed by atoms with E-state index in [1.54, 1.807) is 12.1 Å². The quantitative estimate of drug-likeness (QED) is 0.326. The first-order valence-electron chi connectivity index (χ1n) is 12.8. The Kier molecular flexibility index (Phi) is 10.1. The van der Waals surface area contributed by atoms with Gasteiger partial charge in [0.1, 0.15) is 0 Å². The van der Waals surface area contributed by atoms with E-state index in [1.165, 1.54) is 51.4 Å². The van der Waals surface area contributed by atoms with Gasteiger partial charge in [-0.1, -0.05) is 46.0 Å². The minimum Gasteiger partial charge on any atom is -0.490 e. The second-order valence-corrected chi connectivity index (χ2v) is 9.92. The topological polar surface area (TPSA) is 18.5 Å². The molecule has 2 saturated carbocycles. The second kappa shape index (κ2) is 12.8. The maximum Gasteiger partial charge on any atom is 0.200 e. The molecular formula is C27H42F2O2. The van der Waals surface area contributed by atoms with E-state index in [9.17, 15) is 8.78 Å². The summed E-state index contributed by atoms with van der Waals surface area (Å²) in [6.07, 6.45) is 15.2. The highest BCUT2D eigenvalue weighted by molar-refractivity contribution is 5.30. The Morgan fingerprint density at radius 3 is 2.06 bits per heavy atom. The van der Waals surface area contributed by atoms with E-state index in [0.717, 1.165) is 43.4 Å². The van der Waals surface area contributed by atoms with Crippen molar-refractivity contribution in [3.8, 4) is 5.75 Å². The first-order chi connectivity index (χ1) is 15.1. The lowest BCUT2D eigenvalue weighted by Gasteiger charge is -2.37. The zero-order valence-corrected chi connectivity index (χ0v) is 19.6. The maximum atomic E-state index is 14.4. The molecule has 0 unspecified atom stereocenters. The summed E-state index contributed by atoms with van der Waals surface area (Å²) in [7, 11) is 0. The van der Waals surface area contributed by atoms with E-state index < -0.39 is 11.6 Å². The van der Waals surface area contributed by atoms with Gasteiger partial charge in [-0.15, -0.1) is 0 Å². The third-order valence-corrected chi connectivity index (χ3v) is 7.65. The van der Waals surface area contributed by atoms with Crippen molar-refractivity contribution in [3.63, 3.8) is 0 Å². The smallest absolute Gasteiger partial charge is 0.200 e. The number of halogens is 2. The largest absolute Gasteiger partial charge is 0.490 e. The molecule has 4 heteroatoms. The van der Waals surface area contributed by atoms with Crippen molar-refractivity contribution in [3.05, 3.63) is 29.3 Å². The van der Waals surface area contributed by atoms with Gasteiger partial charge in [-0.2, -0.15) is 4.39 Å².